The standard InChI is InChI=1S/C28H24S2/c1-3-7-21(8-4-1)23-11-15-25(16-12-23)27-19-29-20-28(30-27)26-17-13-24(14-18-26)22-9-5-2-6-10-22/h1-18,27-28H,19-20H2/t27-,28+. The van der Waals surface area contributed by atoms with Crippen LogP contribution in [-0.4, -0.2) is 11.5 Å². The molecule has 1 aliphatic heterocycles. The van der Waals surface area contributed by atoms with Gasteiger partial charge in [-0.15, -0.1) is 11.8 Å². The predicted octanol–water partition coefficient (Wildman–Crippen LogP) is 8.28. The Morgan fingerprint density at radius 3 is 1.20 bits per heavy atom. The molecule has 2 atom stereocenters. The highest BCUT2D eigenvalue weighted by Gasteiger charge is 2.25. The monoisotopic (exact) mass is 424 g/mol. The van der Waals surface area contributed by atoms with E-state index in [1.807, 2.05) is 0 Å². The van der Waals surface area contributed by atoms with Crippen molar-refractivity contribution in [2.24, 2.45) is 0 Å². The summed E-state index contributed by atoms with van der Waals surface area (Å²) in [6.45, 7) is 0. The maximum atomic E-state index is 2.32. The van der Waals surface area contributed by atoms with Crippen molar-refractivity contribution in [3.05, 3.63) is 120 Å². The van der Waals surface area contributed by atoms with Gasteiger partial charge in [-0.05, 0) is 33.4 Å². The molecule has 1 fully saturated rings. The van der Waals surface area contributed by atoms with Crippen LogP contribution in [0.3, 0.4) is 0 Å². The van der Waals surface area contributed by atoms with E-state index >= 15 is 0 Å². The van der Waals surface area contributed by atoms with Gasteiger partial charge < -0.3 is 0 Å². The van der Waals surface area contributed by atoms with Crippen LogP contribution in [0, 0.1) is 0 Å². The molecule has 0 saturated carbocycles. The predicted molar refractivity (Wildman–Crippen MR) is 134 cm³/mol. The minimum absolute atomic E-state index is 0.548. The van der Waals surface area contributed by atoms with Crippen molar-refractivity contribution in [1.29, 1.82) is 0 Å². The molecule has 0 spiro atoms. The first-order chi connectivity index (χ1) is 14.9. The molecule has 0 bridgehead atoms. The molecule has 1 saturated heterocycles. The molecule has 0 N–H and O–H groups in total. The summed E-state index contributed by atoms with van der Waals surface area (Å²) in [6, 6.07) is 39.6. The molecule has 1 heterocycles. The number of hydrogen-bond donors (Lipinski definition) is 0. The highest BCUT2D eigenvalue weighted by molar-refractivity contribution is 8.06. The molecule has 148 valence electrons. The van der Waals surface area contributed by atoms with E-state index in [1.165, 1.54) is 44.9 Å². The lowest BCUT2D eigenvalue weighted by molar-refractivity contribution is 1.02. The van der Waals surface area contributed by atoms with E-state index in [0.29, 0.717) is 10.5 Å². The molecule has 0 unspecified atom stereocenters. The Morgan fingerprint density at radius 1 is 0.433 bits per heavy atom. The summed E-state index contributed by atoms with van der Waals surface area (Å²) in [5.41, 5.74) is 8.04. The van der Waals surface area contributed by atoms with Gasteiger partial charge in [-0.1, -0.05) is 109 Å². The van der Waals surface area contributed by atoms with Crippen molar-refractivity contribution >= 4 is 23.5 Å². The van der Waals surface area contributed by atoms with Crippen LogP contribution >= 0.6 is 23.5 Å². The van der Waals surface area contributed by atoms with Gasteiger partial charge in [-0.25, -0.2) is 0 Å². The third kappa shape index (κ3) is 4.35. The normalized spacial score (nSPS) is 18.8. The third-order valence-corrected chi connectivity index (χ3v) is 8.74. The molecular weight excluding hydrogens is 400 g/mol. The average Bonchev–Trinajstić information content (AvgIpc) is 2.85. The first-order valence-corrected chi connectivity index (χ1v) is 12.5. The maximum absolute atomic E-state index is 2.32. The third-order valence-electron chi connectivity index (χ3n) is 5.65. The number of benzene rings is 4. The zero-order chi connectivity index (χ0) is 20.2. The largest absolute Gasteiger partial charge is 0.159 e. The minimum atomic E-state index is 0.548. The summed E-state index contributed by atoms with van der Waals surface area (Å²) in [5.74, 6) is 2.38. The fourth-order valence-electron chi connectivity index (χ4n) is 3.95. The van der Waals surface area contributed by atoms with Crippen LogP contribution in [-0.2, 0) is 0 Å². The fourth-order valence-corrected chi connectivity index (χ4v) is 7.13. The summed E-state index contributed by atoms with van der Waals surface area (Å²) >= 11 is 4.20. The van der Waals surface area contributed by atoms with Gasteiger partial charge in [-0.2, -0.15) is 11.8 Å². The molecule has 0 aromatic heterocycles. The van der Waals surface area contributed by atoms with Crippen molar-refractivity contribution in [2.45, 2.75) is 10.5 Å². The average molecular weight is 425 g/mol. The van der Waals surface area contributed by atoms with E-state index in [9.17, 15) is 0 Å². The summed E-state index contributed by atoms with van der Waals surface area (Å²) in [4.78, 5) is 0. The Hall–Kier alpha value is -2.42. The van der Waals surface area contributed by atoms with Gasteiger partial charge in [-0.3, -0.25) is 0 Å². The molecule has 4 aromatic carbocycles. The molecule has 0 amide bonds. The van der Waals surface area contributed by atoms with Gasteiger partial charge >= 0.3 is 0 Å². The second-order valence-corrected chi connectivity index (χ2v) is 10.1. The molecule has 2 heteroatoms. The van der Waals surface area contributed by atoms with Gasteiger partial charge in [0.2, 0.25) is 0 Å². The summed E-state index contributed by atoms with van der Waals surface area (Å²) in [5, 5.41) is 1.10. The van der Waals surface area contributed by atoms with Crippen LogP contribution in [0.15, 0.2) is 109 Å². The maximum Gasteiger partial charge on any atom is 0.0394 e. The van der Waals surface area contributed by atoms with Crippen molar-refractivity contribution in [3.8, 4) is 22.3 Å². The Kier molecular flexibility index (Phi) is 5.96. The van der Waals surface area contributed by atoms with E-state index in [0.717, 1.165) is 0 Å². The molecule has 0 radical (unpaired) electrons. The van der Waals surface area contributed by atoms with Crippen LogP contribution in [0.2, 0.25) is 0 Å². The van der Waals surface area contributed by atoms with Crippen molar-refractivity contribution < 1.29 is 0 Å². The second-order valence-electron chi connectivity index (χ2n) is 7.63. The van der Waals surface area contributed by atoms with Gasteiger partial charge in [0.1, 0.15) is 0 Å². The lowest BCUT2D eigenvalue weighted by Crippen LogP contribution is -2.11. The Morgan fingerprint density at radius 2 is 0.800 bits per heavy atom. The first-order valence-electron chi connectivity index (χ1n) is 10.4. The summed E-state index contributed by atoms with van der Waals surface area (Å²) < 4.78 is 0. The van der Waals surface area contributed by atoms with Gasteiger partial charge in [0, 0.05) is 22.0 Å². The van der Waals surface area contributed by atoms with Crippen LogP contribution in [0.1, 0.15) is 21.6 Å². The lowest BCUT2D eigenvalue weighted by atomic mass is 10.0. The highest BCUT2D eigenvalue weighted by Crippen LogP contribution is 2.48. The van der Waals surface area contributed by atoms with E-state index in [4.69, 9.17) is 0 Å². The Bertz CT molecular complexity index is 982. The molecule has 0 aliphatic carbocycles. The zero-order valence-electron chi connectivity index (χ0n) is 16.8. The topological polar surface area (TPSA) is 0 Å². The number of thioether (sulfide) groups is 2. The van der Waals surface area contributed by atoms with Gasteiger partial charge in [0.25, 0.3) is 0 Å². The Labute approximate surface area is 187 Å². The minimum Gasteiger partial charge on any atom is -0.159 e. The van der Waals surface area contributed by atoms with Gasteiger partial charge in [0.15, 0.2) is 0 Å². The van der Waals surface area contributed by atoms with Crippen molar-refractivity contribution in [3.63, 3.8) is 0 Å². The fraction of sp³-hybridized carbons (Fsp3) is 0.143. The van der Waals surface area contributed by atoms with Crippen LogP contribution in [0.4, 0.5) is 0 Å². The smallest absolute Gasteiger partial charge is 0.0394 e. The molecule has 0 nitrogen and oxygen atoms in total. The quantitative estimate of drug-likeness (QED) is 0.323. The van der Waals surface area contributed by atoms with Crippen LogP contribution < -0.4 is 0 Å². The summed E-state index contributed by atoms with van der Waals surface area (Å²) in [6.07, 6.45) is 0. The van der Waals surface area contributed by atoms with Gasteiger partial charge in [0.05, 0.1) is 0 Å². The lowest BCUT2D eigenvalue weighted by Gasteiger charge is -2.29. The highest BCUT2D eigenvalue weighted by atomic mass is 32.2. The molecule has 4 aromatic rings. The van der Waals surface area contributed by atoms with E-state index < -0.39 is 0 Å². The molecule has 30 heavy (non-hydrogen) atoms. The molecule has 1 aliphatic rings. The van der Waals surface area contributed by atoms with E-state index in [2.05, 4.69) is 133 Å². The van der Waals surface area contributed by atoms with E-state index in [-0.39, 0.29) is 0 Å². The second kappa shape index (κ2) is 9.16. The van der Waals surface area contributed by atoms with Crippen molar-refractivity contribution in [1.82, 2.24) is 0 Å². The molecule has 5 rings (SSSR count). The molecular formula is C28H24S2. The SMILES string of the molecule is c1ccc(-c2ccc([C@@H]3CSC[C@H](c4ccc(-c5ccccc5)cc4)S3)cc2)cc1. The van der Waals surface area contributed by atoms with Crippen molar-refractivity contribution in [2.75, 3.05) is 11.5 Å². The first kappa shape index (κ1) is 19.5. The summed E-state index contributed by atoms with van der Waals surface area (Å²) in [7, 11) is 0. The van der Waals surface area contributed by atoms with Crippen LogP contribution in [0.25, 0.3) is 22.3 Å². The zero-order valence-corrected chi connectivity index (χ0v) is 18.4. The van der Waals surface area contributed by atoms with Crippen LogP contribution in [0.5, 0.6) is 0 Å². The van der Waals surface area contributed by atoms with E-state index in [1.54, 1.807) is 0 Å². The number of rotatable bonds is 4. The Balaban J connectivity index is 1.30. The number of hydrogen-bond acceptors (Lipinski definition) is 2.